The number of nitrogens with two attached hydrogens (primary N) is 1. The van der Waals surface area contributed by atoms with Crippen LogP contribution in [0.2, 0.25) is 0 Å². The summed E-state index contributed by atoms with van der Waals surface area (Å²) in [5.74, 6) is -0.364. The molecule has 3 N–H and O–H groups in total. The second-order valence-corrected chi connectivity index (χ2v) is 8.04. The Kier molecular flexibility index (Phi) is 7.17. The van der Waals surface area contributed by atoms with Crippen LogP contribution in [0.15, 0.2) is 48.5 Å². The molecule has 0 radical (unpaired) electrons. The quantitative estimate of drug-likeness (QED) is 0.515. The monoisotopic (exact) mass is 406 g/mol. The number of esters is 1. The number of methoxy groups -OCH3 is 1. The number of hydrogen-bond acceptors (Lipinski definition) is 6. The van der Waals surface area contributed by atoms with Crippen LogP contribution in [0, 0.1) is 6.92 Å². The van der Waals surface area contributed by atoms with E-state index in [1.54, 1.807) is 36.4 Å². The zero-order chi connectivity index (χ0) is 20.9. The van der Waals surface area contributed by atoms with Crippen molar-refractivity contribution < 1.29 is 23.0 Å². The summed E-state index contributed by atoms with van der Waals surface area (Å²) in [4.78, 5) is 12.4. The molecule has 0 amide bonds. The Morgan fingerprint density at radius 2 is 1.82 bits per heavy atom. The number of rotatable bonds is 8. The lowest BCUT2D eigenvalue weighted by Crippen LogP contribution is -2.55. The average molecular weight is 407 g/mol. The Morgan fingerprint density at radius 3 is 2.36 bits per heavy atom. The van der Waals surface area contributed by atoms with Gasteiger partial charge in [-0.2, -0.15) is 8.51 Å². The molecule has 0 aliphatic rings. The van der Waals surface area contributed by atoms with Gasteiger partial charge in [-0.05, 0) is 44.5 Å². The van der Waals surface area contributed by atoms with Gasteiger partial charge in [-0.15, -0.1) is 0 Å². The van der Waals surface area contributed by atoms with Gasteiger partial charge in [-0.1, -0.05) is 35.9 Å². The lowest BCUT2D eigenvalue weighted by molar-refractivity contribution is -0.153. The summed E-state index contributed by atoms with van der Waals surface area (Å²) in [5, 5.41) is 10.6. The Labute approximate surface area is 167 Å². The van der Waals surface area contributed by atoms with Crippen molar-refractivity contribution in [1.82, 2.24) is 4.31 Å². The highest BCUT2D eigenvalue weighted by molar-refractivity contribution is 7.78. The minimum absolute atomic E-state index is 0.00883. The van der Waals surface area contributed by atoms with Gasteiger partial charge in [0, 0.05) is 12.2 Å². The Balaban J connectivity index is 2.41. The maximum Gasteiger partial charge on any atom is 0.327 e. The van der Waals surface area contributed by atoms with E-state index in [0.29, 0.717) is 17.0 Å². The van der Waals surface area contributed by atoms with Crippen molar-refractivity contribution in [3.05, 3.63) is 59.7 Å². The molecule has 2 atom stereocenters. The van der Waals surface area contributed by atoms with E-state index < -0.39 is 28.9 Å². The van der Waals surface area contributed by atoms with Gasteiger partial charge in [0.05, 0.1) is 12.7 Å². The first-order valence-electron chi connectivity index (χ1n) is 8.70. The molecular weight excluding hydrogens is 380 g/mol. The van der Waals surface area contributed by atoms with Crippen molar-refractivity contribution >= 4 is 22.9 Å². The minimum atomic E-state index is -2.11. The number of nitrogens with zero attached hydrogens (tertiary/aromatic N) is 1. The molecule has 7 nitrogen and oxygen atoms in total. The Bertz CT molecular complexity index is 833. The van der Waals surface area contributed by atoms with Gasteiger partial charge in [0.15, 0.2) is 6.04 Å². The van der Waals surface area contributed by atoms with Crippen LogP contribution in [0.5, 0.6) is 5.75 Å². The van der Waals surface area contributed by atoms with Gasteiger partial charge in [-0.25, -0.2) is 0 Å². The van der Waals surface area contributed by atoms with Crippen molar-refractivity contribution in [2.45, 2.75) is 39.0 Å². The second kappa shape index (κ2) is 9.18. The molecule has 2 rings (SSSR count). The lowest BCUT2D eigenvalue weighted by atomic mass is 9.98. The summed E-state index contributed by atoms with van der Waals surface area (Å²) >= 11 is -2.11. The van der Waals surface area contributed by atoms with Gasteiger partial charge >= 0.3 is 5.97 Å². The zero-order valence-corrected chi connectivity index (χ0v) is 17.2. The number of carbonyl (C=O) groups is 1. The van der Waals surface area contributed by atoms with Crippen LogP contribution in [0.4, 0.5) is 5.69 Å². The number of carbonyl (C=O) groups excluding carboxylic acids is 1. The van der Waals surface area contributed by atoms with E-state index in [1.807, 2.05) is 19.1 Å². The molecule has 2 aromatic rings. The maximum atomic E-state index is 13.1. The third kappa shape index (κ3) is 5.54. The van der Waals surface area contributed by atoms with Crippen molar-refractivity contribution in [1.29, 1.82) is 0 Å². The van der Waals surface area contributed by atoms with Crippen molar-refractivity contribution in [2.75, 3.05) is 12.8 Å². The van der Waals surface area contributed by atoms with Gasteiger partial charge in [0.25, 0.3) is 11.3 Å². The molecule has 2 aromatic carbocycles. The van der Waals surface area contributed by atoms with E-state index in [4.69, 9.17) is 14.7 Å². The third-order valence-electron chi connectivity index (χ3n) is 4.14. The number of aliphatic hydroxyl groups is 1. The molecule has 28 heavy (non-hydrogen) atoms. The Morgan fingerprint density at radius 1 is 1.21 bits per heavy atom. The highest BCUT2D eigenvalue weighted by Gasteiger charge is 2.43. The summed E-state index contributed by atoms with van der Waals surface area (Å²) < 4.78 is 24.7. The average Bonchev–Trinajstić information content (AvgIpc) is 2.63. The van der Waals surface area contributed by atoms with Crippen LogP contribution < -0.4 is 9.92 Å². The predicted octanol–water partition coefficient (Wildman–Crippen LogP) is 2.35. The summed E-state index contributed by atoms with van der Waals surface area (Å²) in [6, 6.07) is 12.8. The van der Waals surface area contributed by atoms with E-state index >= 15 is 0 Å². The molecule has 0 aromatic heterocycles. The van der Waals surface area contributed by atoms with E-state index in [-0.39, 0.29) is 6.54 Å². The van der Waals surface area contributed by atoms with Crippen LogP contribution in [0.3, 0.4) is 0 Å². The highest BCUT2D eigenvalue weighted by atomic mass is 32.2. The predicted molar refractivity (Wildman–Crippen MR) is 108 cm³/mol. The smallest absolute Gasteiger partial charge is 0.327 e. The van der Waals surface area contributed by atoms with E-state index in [9.17, 15) is 14.1 Å². The fourth-order valence-corrected chi connectivity index (χ4v) is 3.80. The number of benzene rings is 2. The molecule has 0 saturated carbocycles. The SMILES string of the molecule is COC(=O)C(N(Cc1ccccc1N)S(=O)Oc1ccc(C)cc1)C(C)(C)O. The molecule has 0 spiro atoms. The van der Waals surface area contributed by atoms with Gasteiger partial charge in [0.1, 0.15) is 5.75 Å². The zero-order valence-electron chi connectivity index (χ0n) is 16.4. The molecule has 8 heteroatoms. The lowest BCUT2D eigenvalue weighted by Gasteiger charge is -2.35. The molecule has 0 bridgehead atoms. The largest absolute Gasteiger partial charge is 0.468 e. The Hall–Kier alpha value is -2.42. The van der Waals surface area contributed by atoms with Crippen LogP contribution >= 0.6 is 0 Å². The molecule has 0 saturated heterocycles. The molecule has 152 valence electrons. The summed E-state index contributed by atoms with van der Waals surface area (Å²) in [6.07, 6.45) is 0. The summed E-state index contributed by atoms with van der Waals surface area (Å²) in [6.45, 7) is 4.82. The van der Waals surface area contributed by atoms with Crippen molar-refractivity contribution in [3.8, 4) is 5.75 Å². The van der Waals surface area contributed by atoms with Crippen LogP contribution in [0.1, 0.15) is 25.0 Å². The van der Waals surface area contributed by atoms with E-state index in [1.165, 1.54) is 25.3 Å². The molecular formula is C20H26N2O5S. The summed E-state index contributed by atoms with van der Waals surface area (Å²) in [5.41, 5.74) is 6.59. The molecule has 0 aliphatic carbocycles. The molecule has 0 heterocycles. The summed E-state index contributed by atoms with van der Waals surface area (Å²) in [7, 11) is 1.21. The minimum Gasteiger partial charge on any atom is -0.468 e. The molecule has 2 unspecified atom stereocenters. The number of ether oxygens (including phenoxy) is 1. The van der Waals surface area contributed by atoms with Crippen LogP contribution in [-0.4, -0.2) is 38.3 Å². The third-order valence-corrected chi connectivity index (χ3v) is 5.20. The molecule has 0 aliphatic heterocycles. The first-order chi connectivity index (χ1) is 13.1. The van der Waals surface area contributed by atoms with Crippen molar-refractivity contribution in [2.24, 2.45) is 0 Å². The number of hydrogen-bond donors (Lipinski definition) is 2. The first-order valence-corrected chi connectivity index (χ1v) is 9.73. The fourth-order valence-electron chi connectivity index (χ4n) is 2.67. The maximum absolute atomic E-state index is 13.1. The van der Waals surface area contributed by atoms with Gasteiger partial charge < -0.3 is 19.8 Å². The topological polar surface area (TPSA) is 102 Å². The first kappa shape index (κ1) is 21.9. The number of anilines is 1. The normalized spacial score (nSPS) is 13.8. The fraction of sp³-hybridized carbons (Fsp3) is 0.350. The standard InChI is InChI=1S/C20H26N2O5S/c1-14-9-11-16(12-10-14)27-28(25)22(13-15-7-5-6-8-17(15)21)18(19(23)26-4)20(2,3)24/h5-12,18,24H,13,21H2,1-4H3. The number of nitrogen functional groups attached to an aromatic ring is 1. The van der Waals surface area contributed by atoms with Gasteiger partial charge in [0.2, 0.25) is 0 Å². The van der Waals surface area contributed by atoms with E-state index in [2.05, 4.69) is 0 Å². The highest BCUT2D eigenvalue weighted by Crippen LogP contribution is 2.25. The van der Waals surface area contributed by atoms with Crippen LogP contribution in [-0.2, 0) is 27.3 Å². The number of para-hydroxylation sites is 1. The second-order valence-electron chi connectivity index (χ2n) is 6.97. The van der Waals surface area contributed by atoms with Crippen molar-refractivity contribution in [3.63, 3.8) is 0 Å². The van der Waals surface area contributed by atoms with Crippen LogP contribution in [0.25, 0.3) is 0 Å². The van der Waals surface area contributed by atoms with Gasteiger partial charge in [-0.3, -0.25) is 4.79 Å². The number of aryl methyl sites for hydroxylation is 1. The molecule has 0 fully saturated rings. The van der Waals surface area contributed by atoms with E-state index in [0.717, 1.165) is 5.56 Å².